The van der Waals surface area contributed by atoms with Crippen LogP contribution in [0, 0.1) is 0 Å². The lowest BCUT2D eigenvalue weighted by Gasteiger charge is -2.24. The molecule has 0 saturated carbocycles. The number of hydrogen-bond acceptors (Lipinski definition) is 8. The molecule has 4 rings (SSSR count). The van der Waals surface area contributed by atoms with Crippen molar-refractivity contribution >= 4 is 23.4 Å². The number of hydrogen-bond donors (Lipinski definition) is 0. The quantitative estimate of drug-likeness (QED) is 0.470. The third-order valence-electron chi connectivity index (χ3n) is 5.68. The van der Waals surface area contributed by atoms with Gasteiger partial charge in [-0.3, -0.25) is 9.36 Å². The monoisotopic (exact) mass is 494 g/mol. The molecule has 0 fully saturated rings. The Bertz CT molecular complexity index is 1470. The van der Waals surface area contributed by atoms with Crippen molar-refractivity contribution in [2.75, 3.05) is 27.9 Å². The van der Waals surface area contributed by atoms with E-state index in [0.29, 0.717) is 37.9 Å². The minimum absolute atomic E-state index is 0.215. The highest BCUT2D eigenvalue weighted by atomic mass is 32.1. The van der Waals surface area contributed by atoms with Crippen LogP contribution in [0.2, 0.25) is 0 Å². The van der Waals surface area contributed by atoms with Gasteiger partial charge in [-0.15, -0.1) is 0 Å². The predicted molar refractivity (Wildman–Crippen MR) is 133 cm³/mol. The highest BCUT2D eigenvalue weighted by Crippen LogP contribution is 2.31. The Kier molecular flexibility index (Phi) is 7.07. The number of ether oxygens (including phenoxy) is 4. The molecule has 0 amide bonds. The molecule has 1 aromatic heterocycles. The first-order chi connectivity index (χ1) is 16.9. The van der Waals surface area contributed by atoms with Gasteiger partial charge in [0.15, 0.2) is 4.80 Å². The first-order valence-corrected chi connectivity index (χ1v) is 11.8. The number of fused-ring (bicyclic) bond motifs is 1. The third-order valence-corrected chi connectivity index (χ3v) is 6.66. The Labute approximate surface area is 206 Å². The second kappa shape index (κ2) is 10.2. The molecule has 2 heterocycles. The summed E-state index contributed by atoms with van der Waals surface area (Å²) in [5.74, 6) is 1.40. The van der Waals surface area contributed by atoms with Gasteiger partial charge >= 0.3 is 5.97 Å². The molecule has 2 aromatic carbocycles. The van der Waals surface area contributed by atoms with Crippen molar-refractivity contribution in [2.24, 2.45) is 4.99 Å². The zero-order valence-electron chi connectivity index (χ0n) is 20.2. The third kappa shape index (κ3) is 4.59. The second-order valence-electron chi connectivity index (χ2n) is 7.68. The Morgan fingerprint density at radius 2 is 1.74 bits per heavy atom. The van der Waals surface area contributed by atoms with Crippen molar-refractivity contribution < 1.29 is 23.7 Å². The average Bonchev–Trinajstić information content (AvgIpc) is 3.17. The summed E-state index contributed by atoms with van der Waals surface area (Å²) in [6, 6.07) is 12.0. The first-order valence-electron chi connectivity index (χ1n) is 11.0. The summed E-state index contributed by atoms with van der Waals surface area (Å²) >= 11 is 1.25. The van der Waals surface area contributed by atoms with E-state index in [0.717, 1.165) is 11.1 Å². The van der Waals surface area contributed by atoms with Gasteiger partial charge in [0.25, 0.3) is 5.56 Å². The number of rotatable bonds is 7. The van der Waals surface area contributed by atoms with Crippen LogP contribution in [0.3, 0.4) is 0 Å². The lowest BCUT2D eigenvalue weighted by molar-refractivity contribution is -0.139. The Balaban J connectivity index is 1.93. The number of methoxy groups -OCH3 is 3. The topological polar surface area (TPSA) is 88.4 Å². The van der Waals surface area contributed by atoms with E-state index in [4.69, 9.17) is 18.9 Å². The van der Waals surface area contributed by atoms with Crippen molar-refractivity contribution in [1.82, 2.24) is 4.57 Å². The van der Waals surface area contributed by atoms with Gasteiger partial charge in [0.1, 0.15) is 17.2 Å². The number of aromatic nitrogens is 1. The van der Waals surface area contributed by atoms with Gasteiger partial charge in [0, 0.05) is 11.6 Å². The molecule has 1 aliphatic heterocycles. The Morgan fingerprint density at radius 1 is 1.06 bits per heavy atom. The number of carbonyl (C=O) groups excluding carboxylic acids is 1. The summed E-state index contributed by atoms with van der Waals surface area (Å²) in [4.78, 5) is 31.8. The Hall–Kier alpha value is -3.85. The van der Waals surface area contributed by atoms with Gasteiger partial charge in [-0.25, -0.2) is 9.79 Å². The summed E-state index contributed by atoms with van der Waals surface area (Å²) in [7, 11) is 4.72. The molecule has 0 bridgehead atoms. The molecule has 0 aliphatic carbocycles. The molecule has 1 atom stereocenters. The molecule has 0 N–H and O–H groups in total. The van der Waals surface area contributed by atoms with Crippen LogP contribution < -0.4 is 29.1 Å². The van der Waals surface area contributed by atoms with E-state index < -0.39 is 12.0 Å². The van der Waals surface area contributed by atoms with E-state index in [1.807, 2.05) is 18.2 Å². The SMILES string of the molecule is CCOC(=O)C1=C(C)N=c2s/c(=C\c3ccc(OC)cc3OC)c(=O)n2[C@H]1c1ccc(OC)cc1. The molecule has 9 heteroatoms. The second-order valence-corrected chi connectivity index (χ2v) is 8.69. The van der Waals surface area contributed by atoms with E-state index in [9.17, 15) is 9.59 Å². The summed E-state index contributed by atoms with van der Waals surface area (Å²) < 4.78 is 23.4. The van der Waals surface area contributed by atoms with Gasteiger partial charge in [-0.2, -0.15) is 0 Å². The molecule has 182 valence electrons. The largest absolute Gasteiger partial charge is 0.497 e. The van der Waals surface area contributed by atoms with E-state index in [1.165, 1.54) is 11.3 Å². The molecular formula is C26H26N2O6S. The van der Waals surface area contributed by atoms with Crippen LogP contribution in [0.4, 0.5) is 0 Å². The van der Waals surface area contributed by atoms with Crippen LogP contribution >= 0.6 is 11.3 Å². The number of thiazole rings is 1. The number of allylic oxidation sites excluding steroid dienone is 1. The maximum absolute atomic E-state index is 13.7. The van der Waals surface area contributed by atoms with Crippen molar-refractivity contribution in [1.29, 1.82) is 0 Å². The van der Waals surface area contributed by atoms with E-state index in [2.05, 4.69) is 4.99 Å². The molecule has 0 spiro atoms. The van der Waals surface area contributed by atoms with Crippen LogP contribution in [0.15, 0.2) is 63.5 Å². The normalized spacial score (nSPS) is 15.3. The summed E-state index contributed by atoms with van der Waals surface area (Å²) in [6.45, 7) is 3.71. The van der Waals surface area contributed by atoms with Gasteiger partial charge in [0.2, 0.25) is 0 Å². The van der Waals surface area contributed by atoms with Gasteiger partial charge < -0.3 is 18.9 Å². The van der Waals surface area contributed by atoms with Crippen molar-refractivity contribution in [3.8, 4) is 17.2 Å². The highest BCUT2D eigenvalue weighted by Gasteiger charge is 2.33. The fourth-order valence-electron chi connectivity index (χ4n) is 3.97. The van der Waals surface area contributed by atoms with Crippen molar-refractivity contribution in [3.63, 3.8) is 0 Å². The summed E-state index contributed by atoms with van der Waals surface area (Å²) in [6.07, 6.45) is 1.76. The van der Waals surface area contributed by atoms with Crippen molar-refractivity contribution in [2.45, 2.75) is 19.9 Å². The van der Waals surface area contributed by atoms with Gasteiger partial charge in [0.05, 0.1) is 49.8 Å². The minimum Gasteiger partial charge on any atom is -0.497 e. The molecule has 0 saturated heterocycles. The average molecular weight is 495 g/mol. The summed E-state index contributed by atoms with van der Waals surface area (Å²) in [5, 5.41) is 0. The van der Waals surface area contributed by atoms with Crippen LogP contribution in [0.1, 0.15) is 31.0 Å². The molecule has 0 unspecified atom stereocenters. The highest BCUT2D eigenvalue weighted by molar-refractivity contribution is 7.07. The molecule has 8 nitrogen and oxygen atoms in total. The Morgan fingerprint density at radius 3 is 2.37 bits per heavy atom. The lowest BCUT2D eigenvalue weighted by atomic mass is 9.96. The number of benzene rings is 2. The minimum atomic E-state index is -0.684. The van der Waals surface area contributed by atoms with Crippen molar-refractivity contribution in [3.05, 3.63) is 84.5 Å². The van der Waals surface area contributed by atoms with Crippen LogP contribution in [0.25, 0.3) is 6.08 Å². The molecule has 35 heavy (non-hydrogen) atoms. The van der Waals surface area contributed by atoms with Crippen LogP contribution in [-0.4, -0.2) is 38.5 Å². The van der Waals surface area contributed by atoms with E-state index in [-0.39, 0.29) is 12.2 Å². The maximum atomic E-state index is 13.7. The zero-order valence-corrected chi connectivity index (χ0v) is 21.0. The first kappa shape index (κ1) is 24.3. The van der Waals surface area contributed by atoms with Crippen LogP contribution in [0.5, 0.6) is 17.2 Å². The number of nitrogens with zero attached hydrogens (tertiary/aromatic N) is 2. The number of esters is 1. The molecular weight excluding hydrogens is 468 g/mol. The van der Waals surface area contributed by atoms with Gasteiger partial charge in [-0.05, 0) is 49.8 Å². The smallest absolute Gasteiger partial charge is 0.338 e. The zero-order chi connectivity index (χ0) is 25.1. The fourth-order valence-corrected chi connectivity index (χ4v) is 5.01. The van der Waals surface area contributed by atoms with Crippen LogP contribution in [-0.2, 0) is 9.53 Å². The number of carbonyl (C=O) groups is 1. The van der Waals surface area contributed by atoms with Gasteiger partial charge in [-0.1, -0.05) is 23.5 Å². The molecule has 1 aliphatic rings. The summed E-state index contributed by atoms with van der Waals surface area (Å²) in [5.41, 5.74) is 2.05. The van der Waals surface area contributed by atoms with E-state index in [1.54, 1.807) is 70.1 Å². The molecule has 0 radical (unpaired) electrons. The lowest BCUT2D eigenvalue weighted by Crippen LogP contribution is -2.39. The standard InChI is InChI=1S/C26H26N2O6S/c1-6-34-25(30)22-15(2)27-26-28(23(22)16-7-10-18(31-3)11-8-16)24(29)21(35-26)13-17-9-12-19(32-4)14-20(17)33-5/h7-14,23H,6H2,1-5H3/b21-13-/t23-/m0/s1. The molecule has 3 aromatic rings. The van der Waals surface area contributed by atoms with E-state index >= 15 is 0 Å². The maximum Gasteiger partial charge on any atom is 0.338 e. The fraction of sp³-hybridized carbons (Fsp3) is 0.269. The predicted octanol–water partition coefficient (Wildman–Crippen LogP) is 2.82.